The van der Waals surface area contributed by atoms with Crippen LogP contribution in [0.3, 0.4) is 0 Å². The van der Waals surface area contributed by atoms with Crippen LogP contribution in [0.5, 0.6) is 17.2 Å². The largest absolute Gasteiger partial charge is 0.493 e. The zero-order valence-electron chi connectivity index (χ0n) is 18.3. The van der Waals surface area contributed by atoms with E-state index < -0.39 is 0 Å². The van der Waals surface area contributed by atoms with Gasteiger partial charge < -0.3 is 19.1 Å². The number of rotatable bonds is 7. The molecule has 32 heavy (non-hydrogen) atoms. The summed E-state index contributed by atoms with van der Waals surface area (Å²) in [6, 6.07) is 22.1. The lowest BCUT2D eigenvalue weighted by molar-refractivity contribution is 0.0665. The molecule has 1 atom stereocenters. The average molecular weight is 430 g/mol. The van der Waals surface area contributed by atoms with Gasteiger partial charge in [-0.2, -0.15) is 0 Å². The lowest BCUT2D eigenvalue weighted by atomic mass is 10.0. The van der Waals surface area contributed by atoms with Gasteiger partial charge in [0.25, 0.3) is 5.91 Å². The maximum Gasteiger partial charge on any atom is 0.254 e. The predicted molar refractivity (Wildman–Crippen MR) is 122 cm³/mol. The number of para-hydroxylation sites is 1. The number of hydrogen-bond acceptors (Lipinski definition) is 4. The van der Waals surface area contributed by atoms with Crippen LogP contribution in [0.4, 0.5) is 0 Å². The van der Waals surface area contributed by atoms with Crippen LogP contribution in [-0.2, 0) is 19.4 Å². The molecule has 2 heterocycles. The highest BCUT2D eigenvalue weighted by Crippen LogP contribution is 2.36. The minimum absolute atomic E-state index is 0.0248. The molecule has 0 spiro atoms. The number of fused-ring (bicyclic) bond motifs is 2. The van der Waals surface area contributed by atoms with Crippen molar-refractivity contribution in [3.63, 3.8) is 0 Å². The van der Waals surface area contributed by atoms with Crippen molar-refractivity contribution in [1.29, 1.82) is 0 Å². The second kappa shape index (κ2) is 8.95. The van der Waals surface area contributed by atoms with E-state index in [1.165, 1.54) is 5.56 Å². The minimum Gasteiger partial charge on any atom is -0.493 e. The van der Waals surface area contributed by atoms with Gasteiger partial charge >= 0.3 is 0 Å². The van der Waals surface area contributed by atoms with Crippen molar-refractivity contribution in [2.45, 2.75) is 38.8 Å². The lowest BCUT2D eigenvalue weighted by Crippen LogP contribution is -2.38. The molecule has 0 saturated carbocycles. The third-order valence-corrected chi connectivity index (χ3v) is 6.24. The Balaban J connectivity index is 1.41. The molecule has 1 unspecified atom stereocenters. The molecule has 0 bridgehead atoms. The van der Waals surface area contributed by atoms with E-state index >= 15 is 0 Å². The Morgan fingerprint density at radius 3 is 2.72 bits per heavy atom. The van der Waals surface area contributed by atoms with E-state index in [-0.39, 0.29) is 18.7 Å². The number of carbonyl (C=O) groups excluding carboxylic acids is 1. The zero-order chi connectivity index (χ0) is 21.9. The maximum absolute atomic E-state index is 13.7. The summed E-state index contributed by atoms with van der Waals surface area (Å²) in [6.45, 7) is 3.49. The van der Waals surface area contributed by atoms with E-state index in [1.54, 1.807) is 0 Å². The summed E-state index contributed by atoms with van der Waals surface area (Å²) >= 11 is 0. The van der Waals surface area contributed by atoms with Crippen molar-refractivity contribution >= 4 is 5.91 Å². The first-order valence-corrected chi connectivity index (χ1v) is 11.2. The highest BCUT2D eigenvalue weighted by Gasteiger charge is 2.26. The van der Waals surface area contributed by atoms with E-state index in [4.69, 9.17) is 14.2 Å². The number of hydrogen-bond donors (Lipinski definition) is 0. The van der Waals surface area contributed by atoms with Crippen LogP contribution >= 0.6 is 0 Å². The predicted octanol–water partition coefficient (Wildman–Crippen LogP) is 5.01. The van der Waals surface area contributed by atoms with Gasteiger partial charge in [0.2, 0.25) is 6.79 Å². The topological polar surface area (TPSA) is 48.0 Å². The van der Waals surface area contributed by atoms with Crippen molar-refractivity contribution in [2.75, 3.05) is 13.4 Å². The molecule has 0 N–H and O–H groups in total. The molecule has 2 aliphatic heterocycles. The number of nitrogens with zero attached hydrogens (tertiary/aromatic N) is 1. The Kier molecular flexibility index (Phi) is 5.71. The number of carbonyl (C=O) groups is 1. The summed E-state index contributed by atoms with van der Waals surface area (Å²) < 4.78 is 16.9. The van der Waals surface area contributed by atoms with Crippen LogP contribution in [0, 0.1) is 0 Å². The molecule has 1 amide bonds. The van der Waals surface area contributed by atoms with Gasteiger partial charge in [0.1, 0.15) is 5.75 Å². The molecule has 0 aromatic heterocycles. The number of amides is 1. The fraction of sp³-hybridized carbons (Fsp3) is 0.296. The van der Waals surface area contributed by atoms with E-state index in [0.717, 1.165) is 47.6 Å². The molecule has 3 aromatic carbocycles. The van der Waals surface area contributed by atoms with E-state index in [0.29, 0.717) is 18.7 Å². The summed E-state index contributed by atoms with van der Waals surface area (Å²) in [5, 5.41) is 0. The van der Waals surface area contributed by atoms with Gasteiger partial charge in [0.15, 0.2) is 11.5 Å². The first kappa shape index (κ1) is 20.4. The van der Waals surface area contributed by atoms with Gasteiger partial charge in [-0.05, 0) is 55.2 Å². The van der Waals surface area contributed by atoms with Crippen molar-refractivity contribution in [2.24, 2.45) is 0 Å². The molecule has 0 aliphatic carbocycles. The molecule has 5 rings (SSSR count). The van der Waals surface area contributed by atoms with Crippen LogP contribution in [0.1, 0.15) is 40.4 Å². The van der Waals surface area contributed by atoms with Crippen LogP contribution in [-0.4, -0.2) is 30.2 Å². The summed E-state index contributed by atoms with van der Waals surface area (Å²) in [4.78, 5) is 15.7. The van der Waals surface area contributed by atoms with Gasteiger partial charge in [0, 0.05) is 23.6 Å². The summed E-state index contributed by atoms with van der Waals surface area (Å²) in [5.74, 6) is 2.39. The van der Waals surface area contributed by atoms with Crippen molar-refractivity contribution in [1.82, 2.24) is 4.90 Å². The Labute approximate surface area is 188 Å². The second-order valence-electron chi connectivity index (χ2n) is 8.38. The molecule has 2 aliphatic rings. The van der Waals surface area contributed by atoms with Gasteiger partial charge in [-0.15, -0.1) is 0 Å². The Morgan fingerprint density at radius 1 is 0.969 bits per heavy atom. The zero-order valence-corrected chi connectivity index (χ0v) is 18.3. The molecule has 0 fully saturated rings. The first-order chi connectivity index (χ1) is 15.7. The molecular formula is C27H27NO4. The average Bonchev–Trinajstić information content (AvgIpc) is 3.50. The molecule has 164 valence electrons. The Bertz CT molecular complexity index is 1110. The quantitative estimate of drug-likeness (QED) is 0.530. The molecule has 5 nitrogen and oxygen atoms in total. The fourth-order valence-corrected chi connectivity index (χ4v) is 4.39. The normalized spacial score (nSPS) is 14.5. The summed E-state index contributed by atoms with van der Waals surface area (Å²) in [7, 11) is 0. The van der Waals surface area contributed by atoms with Crippen molar-refractivity contribution < 1.29 is 19.0 Å². The van der Waals surface area contributed by atoms with Gasteiger partial charge in [-0.3, -0.25) is 4.79 Å². The van der Waals surface area contributed by atoms with Gasteiger partial charge in [-0.25, -0.2) is 0 Å². The third-order valence-electron chi connectivity index (χ3n) is 6.24. The number of ether oxygens (including phenoxy) is 3. The van der Waals surface area contributed by atoms with E-state index in [9.17, 15) is 4.79 Å². The third kappa shape index (κ3) is 4.15. The molecule has 0 saturated heterocycles. The van der Waals surface area contributed by atoms with Crippen LogP contribution < -0.4 is 14.2 Å². The number of aryl methyl sites for hydroxylation is 1. The molecule has 0 radical (unpaired) electrons. The summed E-state index contributed by atoms with van der Waals surface area (Å²) in [6.07, 6.45) is 2.63. The monoisotopic (exact) mass is 429 g/mol. The number of benzene rings is 3. The van der Waals surface area contributed by atoms with Crippen LogP contribution in [0.25, 0.3) is 0 Å². The molecule has 3 aromatic rings. The highest BCUT2D eigenvalue weighted by atomic mass is 16.7. The second-order valence-corrected chi connectivity index (χ2v) is 8.38. The lowest BCUT2D eigenvalue weighted by Gasteiger charge is -2.30. The minimum atomic E-state index is 0.0248. The SMILES string of the molecule is CC(CCc1ccccc1)N(Cc1cccc2c1OCO2)C(=O)c1ccc2c(c1)CCO2. The maximum atomic E-state index is 13.7. The molecule has 5 heteroatoms. The van der Waals surface area contributed by atoms with Gasteiger partial charge in [-0.1, -0.05) is 42.5 Å². The standard InChI is InChI=1S/C27H27NO4/c1-19(10-11-20-6-3-2-4-7-20)28(17-23-8-5-9-25-26(23)32-18-31-25)27(29)22-12-13-24-21(16-22)14-15-30-24/h2-9,12-13,16,19H,10-11,14-15,17-18H2,1H3. The van der Waals surface area contributed by atoms with Crippen LogP contribution in [0.2, 0.25) is 0 Å². The molecular weight excluding hydrogens is 402 g/mol. The van der Waals surface area contributed by atoms with Crippen molar-refractivity contribution in [3.8, 4) is 17.2 Å². The van der Waals surface area contributed by atoms with Gasteiger partial charge in [0.05, 0.1) is 13.2 Å². The fourth-order valence-electron chi connectivity index (χ4n) is 4.39. The smallest absolute Gasteiger partial charge is 0.254 e. The van der Waals surface area contributed by atoms with E-state index in [1.807, 2.05) is 47.4 Å². The van der Waals surface area contributed by atoms with E-state index in [2.05, 4.69) is 31.2 Å². The Hall–Kier alpha value is -3.47. The first-order valence-electron chi connectivity index (χ1n) is 11.2. The van der Waals surface area contributed by atoms with Crippen molar-refractivity contribution in [3.05, 3.63) is 89.0 Å². The summed E-state index contributed by atoms with van der Waals surface area (Å²) in [5.41, 5.74) is 4.04. The highest BCUT2D eigenvalue weighted by molar-refractivity contribution is 5.95. The Morgan fingerprint density at radius 2 is 1.84 bits per heavy atom. The van der Waals surface area contributed by atoms with Crippen LogP contribution in [0.15, 0.2) is 66.7 Å².